The van der Waals surface area contributed by atoms with Crippen LogP contribution in [0.1, 0.15) is 113 Å². The van der Waals surface area contributed by atoms with Crippen LogP contribution in [0.15, 0.2) is 107 Å². The third-order valence-electron chi connectivity index (χ3n) is 11.4. The van der Waals surface area contributed by atoms with E-state index in [1.807, 2.05) is 0 Å². The molecule has 13 heteroatoms. The van der Waals surface area contributed by atoms with Crippen molar-refractivity contribution in [1.82, 2.24) is 0 Å². The van der Waals surface area contributed by atoms with Gasteiger partial charge in [0, 0.05) is 0 Å². The molecule has 0 aliphatic heterocycles. The molecule has 4 aromatic carbocycles. The zero-order valence-corrected chi connectivity index (χ0v) is 36.4. The molecule has 2 aliphatic rings. The Balaban J connectivity index is 0.912. The number of carbonyl (C=O) groups is 2. The van der Waals surface area contributed by atoms with Gasteiger partial charge in [-0.05, 0) is 151 Å². The third-order valence-corrected chi connectivity index (χ3v) is 13.2. The lowest BCUT2D eigenvalue weighted by atomic mass is 9.98. The number of rotatable bonds is 22. The molecule has 6 rings (SSSR count). The highest BCUT2D eigenvalue weighted by atomic mass is 32.2. The molecule has 0 spiro atoms. The van der Waals surface area contributed by atoms with E-state index in [2.05, 4.69) is 13.8 Å². The lowest BCUT2D eigenvalue weighted by Gasteiger charge is -2.28. The fourth-order valence-electron chi connectivity index (χ4n) is 7.83. The minimum Gasteiger partial charge on any atom is -0.490 e. The largest absolute Gasteiger partial charge is 0.490 e. The number of sulfone groups is 1. The standard InChI is InChI=1S/C48H58O12S/c1-5-47(27-11-12-28-47)59-45(49)41-15-7-9-17-43(41)55-33-31-53-35(3)57-37-19-23-39(24-20-37)61(51,52)40-25-21-38(22-26-40)58-36(4)54-32-34-56-44-18-10-8-16-42(44)46(50)60-48(6-2)29-13-14-30-48/h7-10,15-26,35-36H,5-6,11-14,27-34H2,1-4H3. The smallest absolute Gasteiger partial charge is 0.342 e. The van der Waals surface area contributed by atoms with Gasteiger partial charge in [0.15, 0.2) is 12.6 Å². The normalized spacial score (nSPS) is 16.6. The van der Waals surface area contributed by atoms with Crippen molar-refractivity contribution in [3.8, 4) is 23.0 Å². The van der Waals surface area contributed by atoms with E-state index in [0.29, 0.717) is 34.1 Å². The lowest BCUT2D eigenvalue weighted by Crippen LogP contribution is -2.31. The highest BCUT2D eigenvalue weighted by Gasteiger charge is 2.38. The maximum atomic E-state index is 13.4. The minimum absolute atomic E-state index is 0.0976. The Kier molecular flexibility index (Phi) is 15.7. The van der Waals surface area contributed by atoms with Gasteiger partial charge in [-0.1, -0.05) is 38.1 Å². The Bertz CT molecular complexity index is 1990. The van der Waals surface area contributed by atoms with E-state index < -0.39 is 33.6 Å². The molecule has 0 saturated heterocycles. The van der Waals surface area contributed by atoms with E-state index in [4.69, 9.17) is 37.9 Å². The van der Waals surface area contributed by atoms with Crippen molar-refractivity contribution in [1.29, 1.82) is 0 Å². The average Bonchev–Trinajstić information content (AvgIpc) is 3.95. The van der Waals surface area contributed by atoms with Gasteiger partial charge in [0.05, 0.1) is 23.0 Å². The van der Waals surface area contributed by atoms with Gasteiger partial charge < -0.3 is 37.9 Å². The molecule has 2 atom stereocenters. The van der Waals surface area contributed by atoms with E-state index in [1.54, 1.807) is 86.6 Å². The van der Waals surface area contributed by atoms with Crippen LogP contribution >= 0.6 is 0 Å². The van der Waals surface area contributed by atoms with Crippen molar-refractivity contribution in [2.24, 2.45) is 0 Å². The van der Waals surface area contributed by atoms with E-state index >= 15 is 0 Å². The summed E-state index contributed by atoms with van der Waals surface area (Å²) in [6.07, 6.45) is 7.99. The second kappa shape index (κ2) is 21.1. The fourth-order valence-corrected chi connectivity index (χ4v) is 9.09. The molecule has 2 aliphatic carbocycles. The van der Waals surface area contributed by atoms with Crippen LogP contribution in [0.2, 0.25) is 0 Å². The van der Waals surface area contributed by atoms with Crippen LogP contribution < -0.4 is 18.9 Å². The summed E-state index contributed by atoms with van der Waals surface area (Å²) in [6.45, 7) is 8.27. The molecule has 12 nitrogen and oxygen atoms in total. The van der Waals surface area contributed by atoms with Crippen LogP contribution in [0.3, 0.4) is 0 Å². The van der Waals surface area contributed by atoms with E-state index in [1.165, 1.54) is 24.3 Å². The van der Waals surface area contributed by atoms with Crippen LogP contribution in [0.25, 0.3) is 0 Å². The Morgan fingerprint density at radius 3 is 1.26 bits per heavy atom. The summed E-state index contributed by atoms with van der Waals surface area (Å²) in [4.78, 5) is 26.3. The Labute approximate surface area is 359 Å². The first-order valence-corrected chi connectivity index (χ1v) is 22.9. The number of carbonyl (C=O) groups excluding carboxylic acids is 2. The summed E-state index contributed by atoms with van der Waals surface area (Å²) in [5, 5.41) is 0. The van der Waals surface area contributed by atoms with Gasteiger partial charge in [0.1, 0.15) is 58.5 Å². The minimum atomic E-state index is -3.83. The predicted octanol–water partition coefficient (Wildman–Crippen LogP) is 9.92. The third kappa shape index (κ3) is 12.0. The average molecular weight is 859 g/mol. The maximum Gasteiger partial charge on any atom is 0.342 e. The number of hydrogen-bond acceptors (Lipinski definition) is 12. The fraction of sp³-hybridized carbons (Fsp3) is 0.458. The summed E-state index contributed by atoms with van der Waals surface area (Å²) in [5.74, 6) is 0.947. The van der Waals surface area contributed by atoms with Crippen LogP contribution in [-0.4, -0.2) is 70.6 Å². The van der Waals surface area contributed by atoms with Crippen LogP contribution in [0, 0.1) is 0 Å². The molecule has 2 saturated carbocycles. The van der Waals surface area contributed by atoms with Crippen LogP contribution in [0.5, 0.6) is 23.0 Å². The van der Waals surface area contributed by atoms with E-state index in [9.17, 15) is 18.0 Å². The van der Waals surface area contributed by atoms with Gasteiger partial charge in [-0.15, -0.1) is 0 Å². The zero-order chi connectivity index (χ0) is 43.3. The highest BCUT2D eigenvalue weighted by Crippen LogP contribution is 2.38. The van der Waals surface area contributed by atoms with Gasteiger partial charge >= 0.3 is 11.9 Å². The molecular formula is C48H58O12S. The first-order valence-electron chi connectivity index (χ1n) is 21.4. The number of esters is 2. The summed E-state index contributed by atoms with van der Waals surface area (Å²) in [7, 11) is -3.83. The topological polar surface area (TPSA) is 142 Å². The van der Waals surface area contributed by atoms with Crippen molar-refractivity contribution in [2.75, 3.05) is 26.4 Å². The molecule has 0 bridgehead atoms. The zero-order valence-electron chi connectivity index (χ0n) is 35.6. The second-order valence-corrected chi connectivity index (χ2v) is 17.5. The molecule has 0 heterocycles. The molecule has 0 aromatic heterocycles. The van der Waals surface area contributed by atoms with Gasteiger partial charge in [-0.3, -0.25) is 0 Å². The molecule has 61 heavy (non-hydrogen) atoms. The first kappa shape index (κ1) is 45.4. The molecule has 0 amide bonds. The van der Waals surface area contributed by atoms with Crippen molar-refractivity contribution in [3.63, 3.8) is 0 Å². The SMILES string of the molecule is CCC1(OC(=O)c2ccccc2OCCOC(C)Oc2ccc(S(=O)(=O)c3ccc(OC(C)OCCOc4ccccc4C(=O)OC4(CC)CCCC4)cc3)cc2)CCCC1. The number of para-hydroxylation sites is 2. The highest BCUT2D eigenvalue weighted by molar-refractivity contribution is 7.91. The number of benzene rings is 4. The monoisotopic (exact) mass is 858 g/mol. The van der Waals surface area contributed by atoms with Crippen molar-refractivity contribution in [3.05, 3.63) is 108 Å². The second-order valence-electron chi connectivity index (χ2n) is 15.5. The summed E-state index contributed by atoms with van der Waals surface area (Å²) in [6, 6.07) is 26.2. The molecule has 328 valence electrons. The van der Waals surface area contributed by atoms with E-state index in [0.717, 1.165) is 64.2 Å². The Hall–Kier alpha value is -5.11. The van der Waals surface area contributed by atoms with Gasteiger partial charge in [-0.25, -0.2) is 18.0 Å². The van der Waals surface area contributed by atoms with Crippen LogP contribution in [0.4, 0.5) is 0 Å². The Morgan fingerprint density at radius 1 is 0.541 bits per heavy atom. The Morgan fingerprint density at radius 2 is 0.902 bits per heavy atom. The molecule has 4 aromatic rings. The maximum absolute atomic E-state index is 13.4. The van der Waals surface area contributed by atoms with Gasteiger partial charge in [0.25, 0.3) is 0 Å². The first-order chi connectivity index (χ1) is 29.4. The van der Waals surface area contributed by atoms with Crippen molar-refractivity contribution in [2.45, 2.75) is 125 Å². The molecule has 0 radical (unpaired) electrons. The molecular weight excluding hydrogens is 801 g/mol. The number of hydrogen-bond donors (Lipinski definition) is 0. The van der Waals surface area contributed by atoms with Crippen molar-refractivity contribution < 1.29 is 55.9 Å². The molecule has 2 fully saturated rings. The van der Waals surface area contributed by atoms with Crippen molar-refractivity contribution >= 4 is 21.8 Å². The summed E-state index contributed by atoms with van der Waals surface area (Å²) >= 11 is 0. The number of ether oxygens (including phenoxy) is 8. The summed E-state index contributed by atoms with van der Waals surface area (Å²) < 4.78 is 73.9. The van der Waals surface area contributed by atoms with E-state index in [-0.39, 0.29) is 48.2 Å². The van der Waals surface area contributed by atoms with Gasteiger partial charge in [0.2, 0.25) is 9.84 Å². The van der Waals surface area contributed by atoms with Crippen LogP contribution in [-0.2, 0) is 28.8 Å². The van der Waals surface area contributed by atoms with Gasteiger partial charge in [-0.2, -0.15) is 0 Å². The lowest BCUT2D eigenvalue weighted by molar-refractivity contribution is -0.0742. The molecule has 0 N–H and O–H groups in total. The summed E-state index contributed by atoms with van der Waals surface area (Å²) in [5.41, 5.74) is -0.0379. The molecule has 2 unspecified atom stereocenters. The predicted molar refractivity (Wildman–Crippen MR) is 228 cm³/mol. The quantitative estimate of drug-likeness (QED) is 0.0422.